The second kappa shape index (κ2) is 6.57. The maximum atomic E-state index is 14.0. The molecule has 2 rings (SSSR count). The molecular formula is C15H7BrCl2FNO. The van der Waals surface area contributed by atoms with Gasteiger partial charge in [-0.3, -0.25) is 4.79 Å². The Labute approximate surface area is 139 Å². The quantitative estimate of drug-likeness (QED) is 0.664. The van der Waals surface area contributed by atoms with Gasteiger partial charge in [0.25, 0.3) is 0 Å². The number of hydrogen-bond acceptors (Lipinski definition) is 2. The monoisotopic (exact) mass is 385 g/mol. The van der Waals surface area contributed by atoms with E-state index in [9.17, 15) is 14.4 Å². The zero-order valence-corrected chi connectivity index (χ0v) is 13.5. The fourth-order valence-corrected chi connectivity index (χ4v) is 2.50. The van der Waals surface area contributed by atoms with E-state index in [1.54, 1.807) is 0 Å². The van der Waals surface area contributed by atoms with E-state index in [4.69, 9.17) is 23.2 Å². The van der Waals surface area contributed by atoms with Crippen LogP contribution >= 0.6 is 39.1 Å². The predicted octanol–water partition coefficient (Wildman–Crippen LogP) is 5.39. The Bertz CT molecular complexity index is 758. The van der Waals surface area contributed by atoms with Crippen molar-refractivity contribution < 1.29 is 9.18 Å². The smallest absolute Gasteiger partial charge is 0.187 e. The summed E-state index contributed by atoms with van der Waals surface area (Å²) in [6.07, 6.45) is 0. The summed E-state index contributed by atoms with van der Waals surface area (Å²) < 4.78 is 14.1. The number of nitriles is 1. The van der Waals surface area contributed by atoms with E-state index in [2.05, 4.69) is 15.9 Å². The van der Waals surface area contributed by atoms with Gasteiger partial charge in [-0.25, -0.2) is 4.39 Å². The van der Waals surface area contributed by atoms with Crippen LogP contribution in [0.3, 0.4) is 0 Å². The van der Waals surface area contributed by atoms with Crippen molar-refractivity contribution in [2.45, 2.75) is 5.92 Å². The summed E-state index contributed by atoms with van der Waals surface area (Å²) in [5.74, 6) is -2.47. The molecule has 0 aliphatic rings. The number of halogens is 4. The summed E-state index contributed by atoms with van der Waals surface area (Å²) >= 11 is 14.7. The van der Waals surface area contributed by atoms with Gasteiger partial charge in [0, 0.05) is 0 Å². The summed E-state index contributed by atoms with van der Waals surface area (Å²) in [7, 11) is 0. The Morgan fingerprint density at radius 3 is 2.57 bits per heavy atom. The summed E-state index contributed by atoms with van der Waals surface area (Å²) in [6, 6.07) is 10.7. The van der Waals surface area contributed by atoms with E-state index >= 15 is 0 Å². The minimum Gasteiger partial charge on any atom is -0.292 e. The fraction of sp³-hybridized carbons (Fsp3) is 0.0667. The molecule has 0 fully saturated rings. The van der Waals surface area contributed by atoms with Crippen LogP contribution in [-0.4, -0.2) is 5.78 Å². The number of rotatable bonds is 3. The lowest BCUT2D eigenvalue weighted by molar-refractivity contribution is 0.0975. The van der Waals surface area contributed by atoms with E-state index in [1.165, 1.54) is 36.4 Å². The number of benzene rings is 2. The number of ketones is 1. The van der Waals surface area contributed by atoms with Gasteiger partial charge in [0.1, 0.15) is 11.7 Å². The minimum atomic E-state index is -1.15. The first-order chi connectivity index (χ1) is 9.95. The average Bonchev–Trinajstić information content (AvgIpc) is 2.46. The number of hydrogen-bond donors (Lipinski definition) is 0. The van der Waals surface area contributed by atoms with Gasteiger partial charge >= 0.3 is 0 Å². The lowest BCUT2D eigenvalue weighted by Crippen LogP contribution is -2.13. The largest absolute Gasteiger partial charge is 0.292 e. The summed E-state index contributed by atoms with van der Waals surface area (Å²) in [6.45, 7) is 0. The Kier molecular flexibility index (Phi) is 5.00. The van der Waals surface area contributed by atoms with Crippen molar-refractivity contribution in [3.63, 3.8) is 0 Å². The molecule has 0 saturated carbocycles. The SMILES string of the molecule is N#CC(C(=O)c1cccc(Br)c1F)c1ccc(Cl)c(Cl)c1. The highest BCUT2D eigenvalue weighted by Crippen LogP contribution is 2.29. The van der Waals surface area contributed by atoms with Crippen LogP contribution in [0, 0.1) is 17.1 Å². The highest BCUT2D eigenvalue weighted by atomic mass is 79.9. The summed E-state index contributed by atoms with van der Waals surface area (Å²) in [5.41, 5.74) is 0.221. The molecule has 0 aliphatic carbocycles. The maximum Gasteiger partial charge on any atom is 0.187 e. The van der Waals surface area contributed by atoms with Crippen molar-refractivity contribution in [3.8, 4) is 6.07 Å². The second-order valence-electron chi connectivity index (χ2n) is 4.20. The van der Waals surface area contributed by atoms with E-state index in [1.807, 2.05) is 6.07 Å². The van der Waals surface area contributed by atoms with Crippen molar-refractivity contribution in [1.29, 1.82) is 5.26 Å². The molecule has 0 spiro atoms. The molecule has 6 heteroatoms. The van der Waals surface area contributed by atoms with E-state index < -0.39 is 17.5 Å². The number of nitrogens with zero attached hydrogens (tertiary/aromatic N) is 1. The second-order valence-corrected chi connectivity index (χ2v) is 5.87. The standard InChI is InChI=1S/C15H7BrCl2FNO/c16-11-3-1-2-9(14(11)19)15(21)10(7-20)8-4-5-12(17)13(18)6-8/h1-6,10H. The minimum absolute atomic E-state index is 0.151. The van der Waals surface area contributed by atoms with Crippen LogP contribution in [0.2, 0.25) is 10.0 Å². The molecule has 0 aliphatic heterocycles. The third-order valence-electron chi connectivity index (χ3n) is 2.89. The molecule has 0 aromatic heterocycles. The molecule has 106 valence electrons. The van der Waals surface area contributed by atoms with Crippen LogP contribution < -0.4 is 0 Å². The van der Waals surface area contributed by atoms with Gasteiger partial charge in [-0.2, -0.15) is 5.26 Å². The lowest BCUT2D eigenvalue weighted by Gasteiger charge is -2.11. The molecule has 2 aromatic carbocycles. The number of carbonyl (C=O) groups excluding carboxylic acids is 1. The zero-order valence-electron chi connectivity index (χ0n) is 10.4. The van der Waals surface area contributed by atoms with Crippen molar-refractivity contribution in [2.24, 2.45) is 0 Å². The van der Waals surface area contributed by atoms with Crippen molar-refractivity contribution in [3.05, 3.63) is 67.9 Å². The highest BCUT2D eigenvalue weighted by Gasteiger charge is 2.25. The molecule has 2 aromatic rings. The average molecular weight is 387 g/mol. The van der Waals surface area contributed by atoms with Crippen molar-refractivity contribution >= 4 is 44.9 Å². The van der Waals surface area contributed by atoms with Gasteiger partial charge in [0.2, 0.25) is 0 Å². The Morgan fingerprint density at radius 2 is 1.95 bits per heavy atom. The third kappa shape index (κ3) is 3.26. The van der Waals surface area contributed by atoms with Crippen LogP contribution in [0.4, 0.5) is 4.39 Å². The topological polar surface area (TPSA) is 40.9 Å². The Balaban J connectivity index is 2.46. The van der Waals surface area contributed by atoms with Gasteiger partial charge in [-0.1, -0.05) is 35.3 Å². The molecule has 21 heavy (non-hydrogen) atoms. The van der Waals surface area contributed by atoms with Gasteiger partial charge in [-0.15, -0.1) is 0 Å². The van der Waals surface area contributed by atoms with Gasteiger partial charge in [0.05, 0.1) is 26.2 Å². The Hall–Kier alpha value is -1.41. The van der Waals surface area contributed by atoms with Gasteiger partial charge < -0.3 is 0 Å². The normalized spacial score (nSPS) is 11.8. The molecule has 2 nitrogen and oxygen atoms in total. The van der Waals surface area contributed by atoms with Crippen LogP contribution in [0.25, 0.3) is 0 Å². The summed E-state index contributed by atoms with van der Waals surface area (Å²) in [4.78, 5) is 12.4. The molecular weight excluding hydrogens is 380 g/mol. The van der Waals surface area contributed by atoms with Gasteiger partial charge in [0.15, 0.2) is 5.78 Å². The van der Waals surface area contributed by atoms with Crippen molar-refractivity contribution in [1.82, 2.24) is 0 Å². The van der Waals surface area contributed by atoms with Crippen LogP contribution in [0.5, 0.6) is 0 Å². The molecule has 0 bridgehead atoms. The fourth-order valence-electron chi connectivity index (χ4n) is 1.83. The first-order valence-electron chi connectivity index (χ1n) is 5.78. The van der Waals surface area contributed by atoms with E-state index in [-0.39, 0.29) is 15.1 Å². The Morgan fingerprint density at radius 1 is 1.24 bits per heavy atom. The maximum absolute atomic E-state index is 14.0. The molecule has 0 radical (unpaired) electrons. The van der Waals surface area contributed by atoms with E-state index in [0.29, 0.717) is 10.6 Å². The number of carbonyl (C=O) groups is 1. The first kappa shape index (κ1) is 16.0. The summed E-state index contributed by atoms with van der Waals surface area (Å²) in [5, 5.41) is 9.80. The number of Topliss-reactive ketones (excluding diaryl/α,β-unsaturated/α-hetero) is 1. The third-order valence-corrected chi connectivity index (χ3v) is 4.24. The molecule has 0 N–H and O–H groups in total. The molecule has 1 atom stereocenters. The van der Waals surface area contributed by atoms with Crippen LogP contribution in [-0.2, 0) is 0 Å². The van der Waals surface area contributed by atoms with Gasteiger partial charge in [-0.05, 0) is 45.8 Å². The zero-order chi connectivity index (χ0) is 15.6. The predicted molar refractivity (Wildman–Crippen MR) is 83.2 cm³/mol. The van der Waals surface area contributed by atoms with Crippen LogP contribution in [0.15, 0.2) is 40.9 Å². The molecule has 0 saturated heterocycles. The first-order valence-corrected chi connectivity index (χ1v) is 7.33. The lowest BCUT2D eigenvalue weighted by atomic mass is 9.91. The van der Waals surface area contributed by atoms with Crippen LogP contribution in [0.1, 0.15) is 21.8 Å². The van der Waals surface area contributed by atoms with E-state index in [0.717, 1.165) is 0 Å². The molecule has 0 heterocycles. The molecule has 0 amide bonds. The van der Waals surface area contributed by atoms with Crippen molar-refractivity contribution in [2.75, 3.05) is 0 Å². The molecule has 1 unspecified atom stereocenters. The highest BCUT2D eigenvalue weighted by molar-refractivity contribution is 9.10.